The van der Waals surface area contributed by atoms with Gasteiger partial charge in [-0.05, 0) is 0 Å². The zero-order valence-electron chi connectivity index (χ0n) is 24.1. The van der Waals surface area contributed by atoms with Gasteiger partial charge in [-0.25, -0.2) is 0 Å². The van der Waals surface area contributed by atoms with Gasteiger partial charge in [0.05, 0.1) is 38.5 Å². The van der Waals surface area contributed by atoms with Gasteiger partial charge >= 0.3 is 0 Å². The minimum atomic E-state index is -1.99. The van der Waals surface area contributed by atoms with Crippen LogP contribution in [0.4, 0.5) is 0 Å². The Labute approximate surface area is 260 Å². The van der Waals surface area contributed by atoms with Gasteiger partial charge in [-0.15, -0.1) is 0 Å². The topological polar surface area (TPSA) is 354 Å². The molecule has 0 aromatic heterocycles. The summed E-state index contributed by atoms with van der Waals surface area (Å²) in [6, 6.07) is -2.57. The molecule has 5 aliphatic rings. The van der Waals surface area contributed by atoms with E-state index in [1.807, 2.05) is 0 Å². The van der Waals surface area contributed by atoms with Crippen molar-refractivity contribution < 1.29 is 99.9 Å². The number of rotatable bonds is 10. The maximum atomic E-state index is 11.0. The third-order valence-electron chi connectivity index (χ3n) is 9.40. The van der Waals surface area contributed by atoms with Gasteiger partial charge < -0.3 is 105 Å². The standard InChI is InChI=1S/C25H43NO20/c27-1-5-8(26-9-11(32)14(35)20(39)25(4-30)21(9)46-25)10(31)16(37)23(42-5)45-19-7(3-29)43-24(17(38)13(19)34)44-18-6(2-28)41-22(40)15(36)12(18)33/h5-24,26-40H,1-4H2/t5-,6-,7-,8-,9-,10+,11+,12-,13-,14-,15-,16-,17-,18-,19-,20+,21-,22-,23-,24-,25+/m1/s1. The molecule has 4 heterocycles. The minimum absolute atomic E-state index is 0.704. The lowest BCUT2D eigenvalue weighted by molar-refractivity contribution is -0.375. The van der Waals surface area contributed by atoms with Crippen LogP contribution in [0.25, 0.3) is 0 Å². The molecule has 5 rings (SSSR count). The van der Waals surface area contributed by atoms with Gasteiger partial charge in [0.15, 0.2) is 18.9 Å². The van der Waals surface area contributed by atoms with Gasteiger partial charge in [-0.2, -0.15) is 0 Å². The molecule has 0 radical (unpaired) electrons. The van der Waals surface area contributed by atoms with Crippen LogP contribution in [0.15, 0.2) is 0 Å². The molecule has 21 heteroatoms. The van der Waals surface area contributed by atoms with Crippen molar-refractivity contribution in [1.29, 1.82) is 0 Å². The maximum absolute atomic E-state index is 11.0. The Morgan fingerprint density at radius 3 is 1.54 bits per heavy atom. The van der Waals surface area contributed by atoms with E-state index in [0.717, 1.165) is 0 Å². The number of hydrogen-bond donors (Lipinski definition) is 15. The highest BCUT2D eigenvalue weighted by Crippen LogP contribution is 2.48. The molecule has 0 aromatic carbocycles. The molecular formula is C25H43NO20. The zero-order valence-corrected chi connectivity index (χ0v) is 24.1. The Hall–Kier alpha value is -0.840. The van der Waals surface area contributed by atoms with Crippen molar-refractivity contribution in [3.8, 4) is 0 Å². The molecule has 4 saturated heterocycles. The number of epoxide rings is 1. The quantitative estimate of drug-likeness (QED) is 0.0954. The number of nitrogens with one attached hydrogen (secondary N) is 1. The van der Waals surface area contributed by atoms with Gasteiger partial charge in [0, 0.05) is 0 Å². The Balaban J connectivity index is 1.25. The van der Waals surface area contributed by atoms with Crippen molar-refractivity contribution in [2.24, 2.45) is 0 Å². The van der Waals surface area contributed by atoms with E-state index in [-0.39, 0.29) is 0 Å². The summed E-state index contributed by atoms with van der Waals surface area (Å²) < 4.78 is 32.6. The van der Waals surface area contributed by atoms with Crippen LogP contribution in [0, 0.1) is 0 Å². The number of fused-ring (bicyclic) bond motifs is 1. The first-order valence-electron chi connectivity index (χ1n) is 14.7. The number of ether oxygens (including phenoxy) is 6. The van der Waals surface area contributed by atoms with Gasteiger partial charge in [0.2, 0.25) is 0 Å². The van der Waals surface area contributed by atoms with E-state index in [1.54, 1.807) is 0 Å². The van der Waals surface area contributed by atoms with E-state index >= 15 is 0 Å². The lowest BCUT2D eigenvalue weighted by Crippen LogP contribution is -2.71. The van der Waals surface area contributed by atoms with Crippen molar-refractivity contribution >= 4 is 0 Å². The van der Waals surface area contributed by atoms with Crippen LogP contribution in [-0.2, 0) is 28.4 Å². The number of aliphatic hydroxyl groups is 14. The fourth-order valence-corrected chi connectivity index (χ4v) is 6.60. The maximum Gasteiger partial charge on any atom is 0.187 e. The first kappa shape index (κ1) is 36.4. The second-order valence-corrected chi connectivity index (χ2v) is 12.1. The predicted octanol–water partition coefficient (Wildman–Crippen LogP) is -10.4. The predicted molar refractivity (Wildman–Crippen MR) is 139 cm³/mol. The third kappa shape index (κ3) is 6.21. The molecule has 0 amide bonds. The van der Waals surface area contributed by atoms with E-state index in [4.69, 9.17) is 28.4 Å². The normalized spacial score (nSPS) is 56.0. The molecule has 0 unspecified atom stereocenters. The summed E-state index contributed by atoms with van der Waals surface area (Å²) in [6.07, 6.45) is -30.6. The van der Waals surface area contributed by atoms with Crippen molar-refractivity contribution in [3.63, 3.8) is 0 Å². The van der Waals surface area contributed by atoms with Crippen molar-refractivity contribution in [1.82, 2.24) is 5.32 Å². The highest BCUT2D eigenvalue weighted by molar-refractivity contribution is 5.22. The van der Waals surface area contributed by atoms with E-state index in [2.05, 4.69) is 5.32 Å². The molecule has 21 nitrogen and oxygen atoms in total. The molecule has 21 atom stereocenters. The highest BCUT2D eigenvalue weighted by atomic mass is 16.8. The monoisotopic (exact) mass is 677 g/mol. The summed E-state index contributed by atoms with van der Waals surface area (Å²) in [5, 5.41) is 147. The Bertz CT molecular complexity index is 1010. The Morgan fingerprint density at radius 1 is 0.522 bits per heavy atom. The molecule has 1 aliphatic carbocycles. The first-order valence-corrected chi connectivity index (χ1v) is 14.7. The third-order valence-corrected chi connectivity index (χ3v) is 9.40. The Kier molecular flexibility index (Phi) is 11.2. The summed E-state index contributed by atoms with van der Waals surface area (Å²) in [5.74, 6) is 0. The summed E-state index contributed by atoms with van der Waals surface area (Å²) in [6.45, 7) is -3.20. The lowest BCUT2D eigenvalue weighted by Gasteiger charge is -2.49. The molecule has 268 valence electrons. The molecule has 0 bridgehead atoms. The highest BCUT2D eigenvalue weighted by Gasteiger charge is 2.72. The summed E-state index contributed by atoms with van der Waals surface area (Å²) in [5.41, 5.74) is -1.59. The van der Waals surface area contributed by atoms with Crippen LogP contribution < -0.4 is 5.32 Å². The molecule has 15 N–H and O–H groups in total. The van der Waals surface area contributed by atoms with Crippen LogP contribution in [0.3, 0.4) is 0 Å². The average Bonchev–Trinajstić information content (AvgIpc) is 3.80. The average molecular weight is 678 g/mol. The second kappa shape index (κ2) is 14.2. The molecular weight excluding hydrogens is 634 g/mol. The van der Waals surface area contributed by atoms with Gasteiger partial charge in [0.1, 0.15) is 97.2 Å². The smallest absolute Gasteiger partial charge is 0.187 e. The van der Waals surface area contributed by atoms with Gasteiger partial charge in [0.25, 0.3) is 0 Å². The molecule has 1 saturated carbocycles. The van der Waals surface area contributed by atoms with Gasteiger partial charge in [-0.1, -0.05) is 0 Å². The summed E-state index contributed by atoms with van der Waals surface area (Å²) in [7, 11) is 0. The van der Waals surface area contributed by atoms with Crippen molar-refractivity contribution in [2.45, 2.75) is 128 Å². The van der Waals surface area contributed by atoms with Crippen LogP contribution >= 0.6 is 0 Å². The SMILES string of the molecule is OC[C@H]1O[C@H](O[C@H]2[C@H](O)[C@@H](O)[C@@H](O[C@H]3[C@H](O)[C@@H](O)[C@H](O)O[C@@H]3CO)O[C@@H]2CO)[C@H](O)[C@@H](O)[C@@H]1N[C@@H]1[C@H](O)[C@@H](O)[C@H](O)[C@]2(CO)O[C@H]12. The van der Waals surface area contributed by atoms with E-state index in [9.17, 15) is 71.5 Å². The van der Waals surface area contributed by atoms with E-state index < -0.39 is 155 Å². The zero-order chi connectivity index (χ0) is 33.8. The second-order valence-electron chi connectivity index (χ2n) is 12.1. The first-order chi connectivity index (χ1) is 21.8. The minimum Gasteiger partial charge on any atom is -0.394 e. The molecule has 4 aliphatic heterocycles. The molecule has 0 aromatic rings. The molecule has 5 fully saturated rings. The van der Waals surface area contributed by atoms with Crippen LogP contribution in [0.2, 0.25) is 0 Å². The fraction of sp³-hybridized carbons (Fsp3) is 1.00. The largest absolute Gasteiger partial charge is 0.394 e. The van der Waals surface area contributed by atoms with Crippen LogP contribution in [0.5, 0.6) is 0 Å². The fourth-order valence-electron chi connectivity index (χ4n) is 6.60. The lowest BCUT2D eigenvalue weighted by atomic mass is 9.79. The van der Waals surface area contributed by atoms with Crippen molar-refractivity contribution in [3.05, 3.63) is 0 Å². The number of aliphatic hydroxyl groups excluding tert-OH is 14. The van der Waals surface area contributed by atoms with Crippen molar-refractivity contribution in [2.75, 3.05) is 26.4 Å². The van der Waals surface area contributed by atoms with Crippen LogP contribution in [0.1, 0.15) is 0 Å². The van der Waals surface area contributed by atoms with Gasteiger partial charge in [-0.3, -0.25) is 0 Å². The molecule has 46 heavy (non-hydrogen) atoms. The Morgan fingerprint density at radius 2 is 1.00 bits per heavy atom. The molecule has 0 spiro atoms. The summed E-state index contributed by atoms with van der Waals surface area (Å²) in [4.78, 5) is 0. The summed E-state index contributed by atoms with van der Waals surface area (Å²) >= 11 is 0. The number of hydrogen-bond acceptors (Lipinski definition) is 21. The van der Waals surface area contributed by atoms with E-state index in [0.29, 0.717) is 0 Å². The van der Waals surface area contributed by atoms with E-state index in [1.165, 1.54) is 0 Å². The van der Waals surface area contributed by atoms with Crippen LogP contribution in [-0.4, -0.2) is 226 Å².